The molecule has 0 radical (unpaired) electrons. The summed E-state index contributed by atoms with van der Waals surface area (Å²) in [6.07, 6.45) is -14.1. The van der Waals surface area contributed by atoms with Crippen LogP contribution in [-0.4, -0.2) is 133 Å². The lowest BCUT2D eigenvalue weighted by atomic mass is 9.72. The van der Waals surface area contributed by atoms with Crippen molar-refractivity contribution in [1.82, 2.24) is 0 Å². The monoisotopic (exact) mass is 522 g/mol. The maximum atomic E-state index is 11.2. The molecule has 2 aliphatic carbocycles. The number of aliphatic hydroxyl groups excluding tert-OH is 8. The lowest BCUT2D eigenvalue weighted by Crippen LogP contribution is -2.62. The summed E-state index contributed by atoms with van der Waals surface area (Å²) in [6, 6.07) is 0. The number of fused-ring (bicyclic) bond motifs is 1. The van der Waals surface area contributed by atoms with Gasteiger partial charge in [-0.25, -0.2) is 0 Å². The highest BCUT2D eigenvalue weighted by Crippen LogP contribution is 2.43. The van der Waals surface area contributed by atoms with Crippen molar-refractivity contribution in [2.75, 3.05) is 6.61 Å². The minimum Gasteiger partial charge on any atom is -0.463 e. The predicted octanol–water partition coefficient (Wildman–Crippen LogP) is -3.48. The third-order valence-electron chi connectivity index (χ3n) is 7.96. The largest absolute Gasteiger partial charge is 0.463 e. The Morgan fingerprint density at radius 1 is 0.778 bits per heavy atom. The van der Waals surface area contributed by atoms with Crippen molar-refractivity contribution in [3.63, 3.8) is 0 Å². The Labute approximate surface area is 208 Å². The van der Waals surface area contributed by atoms with E-state index in [-0.39, 0.29) is 38.7 Å². The molecule has 4 fully saturated rings. The van der Waals surface area contributed by atoms with Gasteiger partial charge in [-0.1, -0.05) is 0 Å². The summed E-state index contributed by atoms with van der Waals surface area (Å²) >= 11 is 0. The first-order chi connectivity index (χ1) is 17.0. The highest BCUT2D eigenvalue weighted by atomic mass is 16.7. The van der Waals surface area contributed by atoms with Gasteiger partial charge in [0.2, 0.25) is 0 Å². The first-order valence-electron chi connectivity index (χ1n) is 12.5. The quantitative estimate of drug-likeness (QED) is 0.165. The highest BCUT2D eigenvalue weighted by molar-refractivity contribution is 5.65. The number of hydrogen-bond acceptors (Lipinski definition) is 13. The van der Waals surface area contributed by atoms with Gasteiger partial charge in [-0.3, -0.25) is 4.79 Å². The maximum absolute atomic E-state index is 11.2. The van der Waals surface area contributed by atoms with Gasteiger partial charge in [-0.05, 0) is 38.0 Å². The highest BCUT2D eigenvalue weighted by Gasteiger charge is 2.52. The molecule has 13 nitrogen and oxygen atoms in total. The van der Waals surface area contributed by atoms with Gasteiger partial charge in [-0.15, -0.1) is 0 Å². The van der Waals surface area contributed by atoms with Gasteiger partial charge >= 0.3 is 5.97 Å². The van der Waals surface area contributed by atoms with Crippen molar-refractivity contribution in [3.8, 4) is 0 Å². The maximum Gasteiger partial charge on any atom is 0.302 e. The summed E-state index contributed by atoms with van der Waals surface area (Å²) in [4.78, 5) is 11.2. The van der Waals surface area contributed by atoms with Gasteiger partial charge in [0.25, 0.3) is 0 Å². The number of esters is 1. The lowest BCUT2D eigenvalue weighted by molar-refractivity contribution is -0.334. The normalized spacial score (nSPS) is 51.9. The van der Waals surface area contributed by atoms with Gasteiger partial charge in [0, 0.05) is 12.8 Å². The number of carbonyl (C=O) groups is 1. The molecule has 2 heterocycles. The van der Waals surface area contributed by atoms with Crippen LogP contribution >= 0.6 is 0 Å². The van der Waals surface area contributed by atoms with Crippen LogP contribution in [-0.2, 0) is 23.7 Å². The number of ether oxygens (including phenoxy) is 4. The summed E-state index contributed by atoms with van der Waals surface area (Å²) in [7, 11) is 0. The average molecular weight is 523 g/mol. The molecule has 0 amide bonds. The van der Waals surface area contributed by atoms with E-state index in [4.69, 9.17) is 18.9 Å². The Balaban J connectivity index is 1.54. The van der Waals surface area contributed by atoms with Crippen molar-refractivity contribution in [2.24, 2.45) is 11.8 Å². The predicted molar refractivity (Wildman–Crippen MR) is 117 cm³/mol. The van der Waals surface area contributed by atoms with Gasteiger partial charge in [0.05, 0.1) is 42.7 Å². The van der Waals surface area contributed by atoms with E-state index in [1.807, 2.05) is 0 Å². The van der Waals surface area contributed by atoms with Crippen molar-refractivity contribution >= 4 is 5.97 Å². The molecule has 0 aromatic heterocycles. The van der Waals surface area contributed by atoms with E-state index in [1.165, 1.54) is 6.92 Å². The van der Waals surface area contributed by atoms with Crippen LogP contribution in [0.1, 0.15) is 39.0 Å². The molecule has 36 heavy (non-hydrogen) atoms. The van der Waals surface area contributed by atoms with Gasteiger partial charge in [0.1, 0.15) is 37.1 Å². The summed E-state index contributed by atoms with van der Waals surface area (Å²) in [6.45, 7) is 0.788. The van der Waals surface area contributed by atoms with Crippen LogP contribution in [0.3, 0.4) is 0 Å². The van der Waals surface area contributed by atoms with E-state index in [9.17, 15) is 45.6 Å². The zero-order valence-corrected chi connectivity index (χ0v) is 20.0. The van der Waals surface area contributed by atoms with Gasteiger partial charge < -0.3 is 59.8 Å². The van der Waals surface area contributed by atoms with Crippen LogP contribution < -0.4 is 0 Å². The van der Waals surface area contributed by atoms with Crippen LogP contribution in [0.4, 0.5) is 0 Å². The van der Waals surface area contributed by atoms with Crippen LogP contribution in [0, 0.1) is 11.8 Å². The number of aliphatic hydroxyl groups is 8. The SMILES string of the molecule is CC(=O)OCC1OC(OC2CC3C(O)CC(O)CC3OC2C2CC(O)C(O)C(O)C2)C(O)C(O)C1O. The van der Waals surface area contributed by atoms with Crippen LogP contribution in [0.5, 0.6) is 0 Å². The fourth-order valence-electron chi connectivity index (χ4n) is 6.00. The molecule has 13 unspecified atom stereocenters. The van der Waals surface area contributed by atoms with E-state index >= 15 is 0 Å². The minimum atomic E-state index is -1.66. The van der Waals surface area contributed by atoms with Crippen molar-refractivity contribution in [2.45, 2.75) is 119 Å². The molecule has 4 aliphatic rings. The van der Waals surface area contributed by atoms with Crippen LogP contribution in [0.15, 0.2) is 0 Å². The van der Waals surface area contributed by atoms with E-state index in [2.05, 4.69) is 0 Å². The Hall–Kier alpha value is -0.970. The molecule has 0 aromatic carbocycles. The van der Waals surface area contributed by atoms with Gasteiger partial charge in [0.15, 0.2) is 6.29 Å². The standard InChI is InChI=1S/C23H38O13/c1-8(24)33-7-17-19(30)20(31)21(32)23(36-17)35-16-6-11-12(26)4-10(25)5-15(11)34-22(16)9-2-13(27)18(29)14(28)3-9/h9-23,25-32H,2-7H2,1H3. The zero-order valence-electron chi connectivity index (χ0n) is 20.0. The molecule has 2 saturated carbocycles. The van der Waals surface area contributed by atoms with Crippen molar-refractivity contribution < 1.29 is 64.6 Å². The average Bonchev–Trinajstić information content (AvgIpc) is 2.81. The lowest BCUT2D eigenvalue weighted by Gasteiger charge is -2.51. The molecule has 0 aromatic rings. The van der Waals surface area contributed by atoms with E-state index < -0.39 is 97.3 Å². The molecule has 0 bridgehead atoms. The molecule has 4 rings (SSSR count). The van der Waals surface area contributed by atoms with Crippen LogP contribution in [0.25, 0.3) is 0 Å². The molecule has 13 heteroatoms. The number of rotatable bonds is 5. The summed E-state index contributed by atoms with van der Waals surface area (Å²) < 4.78 is 22.9. The number of carbonyl (C=O) groups excluding carboxylic acids is 1. The zero-order chi connectivity index (χ0) is 26.3. The molecule has 2 aliphatic heterocycles. The van der Waals surface area contributed by atoms with Crippen molar-refractivity contribution in [1.29, 1.82) is 0 Å². The Bertz CT molecular complexity index is 742. The van der Waals surface area contributed by atoms with Gasteiger partial charge in [-0.2, -0.15) is 0 Å². The molecule has 13 atom stereocenters. The third kappa shape index (κ3) is 5.86. The first-order valence-corrected chi connectivity index (χ1v) is 12.5. The van der Waals surface area contributed by atoms with E-state index in [0.29, 0.717) is 0 Å². The molecule has 208 valence electrons. The Morgan fingerprint density at radius 2 is 1.44 bits per heavy atom. The number of hydrogen-bond donors (Lipinski definition) is 8. The van der Waals surface area contributed by atoms with Crippen LogP contribution in [0.2, 0.25) is 0 Å². The fourth-order valence-corrected chi connectivity index (χ4v) is 6.00. The summed E-state index contributed by atoms with van der Waals surface area (Å²) in [5.41, 5.74) is 0. The fraction of sp³-hybridized carbons (Fsp3) is 0.957. The molecule has 2 saturated heterocycles. The minimum absolute atomic E-state index is 0.0930. The molecule has 8 N–H and O–H groups in total. The topological polar surface area (TPSA) is 216 Å². The second kappa shape index (κ2) is 11.4. The summed E-state index contributed by atoms with van der Waals surface area (Å²) in [5, 5.41) is 82.4. The second-order valence-electron chi connectivity index (χ2n) is 10.6. The Kier molecular flexibility index (Phi) is 8.89. The molecular weight excluding hydrogens is 484 g/mol. The van der Waals surface area contributed by atoms with E-state index in [0.717, 1.165) is 0 Å². The first kappa shape index (κ1) is 28.0. The smallest absolute Gasteiger partial charge is 0.302 e. The second-order valence-corrected chi connectivity index (χ2v) is 10.6. The third-order valence-corrected chi connectivity index (χ3v) is 7.96. The Morgan fingerprint density at radius 3 is 2.08 bits per heavy atom. The van der Waals surface area contributed by atoms with E-state index in [1.54, 1.807) is 0 Å². The molecule has 0 spiro atoms. The summed E-state index contributed by atoms with van der Waals surface area (Å²) in [5.74, 6) is -1.51. The molecular formula is C23H38O13. The van der Waals surface area contributed by atoms with Crippen molar-refractivity contribution in [3.05, 3.63) is 0 Å².